The van der Waals surface area contributed by atoms with Crippen LogP contribution in [0.15, 0.2) is 79.8 Å². The van der Waals surface area contributed by atoms with E-state index in [4.69, 9.17) is 37.4 Å². The highest BCUT2D eigenvalue weighted by molar-refractivity contribution is 6.35. The SMILES string of the molecule is Clc1ccc([C@]2(Cn3ccnc3)OC[C@@H](COc3ccc(-c4ccncn4)cc3)O2)c(Cl)c1. The molecule has 0 unspecified atom stereocenters. The summed E-state index contributed by atoms with van der Waals surface area (Å²) in [6.45, 7) is 1.06. The molecular formula is C24H20Cl2N4O3. The number of benzene rings is 2. The third-order valence-electron chi connectivity index (χ3n) is 5.32. The fraction of sp³-hybridized carbons (Fsp3) is 0.208. The molecule has 5 rings (SSSR count). The molecule has 0 saturated carbocycles. The van der Waals surface area contributed by atoms with Crippen molar-refractivity contribution < 1.29 is 14.2 Å². The summed E-state index contributed by atoms with van der Waals surface area (Å²) < 4.78 is 20.5. The lowest BCUT2D eigenvalue weighted by atomic mass is 10.1. The molecule has 3 heterocycles. The number of hydrogen-bond donors (Lipinski definition) is 0. The predicted octanol–water partition coefficient (Wildman–Crippen LogP) is 4.99. The zero-order valence-electron chi connectivity index (χ0n) is 17.5. The average molecular weight is 483 g/mol. The minimum Gasteiger partial charge on any atom is -0.491 e. The first-order valence-corrected chi connectivity index (χ1v) is 11.1. The fourth-order valence-electron chi connectivity index (χ4n) is 3.75. The van der Waals surface area contributed by atoms with E-state index < -0.39 is 5.79 Å². The van der Waals surface area contributed by atoms with Gasteiger partial charge in [-0.05, 0) is 42.5 Å². The highest BCUT2D eigenvalue weighted by atomic mass is 35.5. The van der Waals surface area contributed by atoms with Gasteiger partial charge in [-0.15, -0.1) is 0 Å². The predicted molar refractivity (Wildman–Crippen MR) is 124 cm³/mol. The minimum atomic E-state index is -1.08. The maximum Gasteiger partial charge on any atom is 0.215 e. The highest BCUT2D eigenvalue weighted by Gasteiger charge is 2.45. The molecule has 2 atom stereocenters. The summed E-state index contributed by atoms with van der Waals surface area (Å²) in [6.07, 6.45) is 8.22. The molecule has 7 nitrogen and oxygen atoms in total. The van der Waals surface area contributed by atoms with Crippen LogP contribution in [0.4, 0.5) is 0 Å². The Balaban J connectivity index is 1.29. The third kappa shape index (κ3) is 4.86. The fourth-order valence-corrected chi connectivity index (χ4v) is 4.30. The van der Waals surface area contributed by atoms with Crippen molar-refractivity contribution in [2.24, 2.45) is 0 Å². The Morgan fingerprint density at radius 3 is 2.67 bits per heavy atom. The van der Waals surface area contributed by atoms with Crippen molar-refractivity contribution in [3.8, 4) is 17.0 Å². The van der Waals surface area contributed by atoms with E-state index in [-0.39, 0.29) is 6.10 Å². The van der Waals surface area contributed by atoms with Gasteiger partial charge in [0.05, 0.1) is 30.2 Å². The normalized spacial score (nSPS) is 20.1. The second-order valence-corrected chi connectivity index (χ2v) is 8.44. The van der Waals surface area contributed by atoms with E-state index in [1.165, 1.54) is 6.33 Å². The lowest BCUT2D eigenvalue weighted by Gasteiger charge is -2.30. The average Bonchev–Trinajstić information content (AvgIpc) is 3.49. The van der Waals surface area contributed by atoms with Gasteiger partial charge in [-0.1, -0.05) is 29.3 Å². The zero-order valence-corrected chi connectivity index (χ0v) is 19.0. The van der Waals surface area contributed by atoms with Gasteiger partial charge >= 0.3 is 0 Å². The van der Waals surface area contributed by atoms with Gasteiger partial charge in [-0.2, -0.15) is 0 Å². The molecule has 4 aromatic rings. The van der Waals surface area contributed by atoms with Crippen LogP contribution in [0, 0.1) is 0 Å². The molecule has 2 aromatic carbocycles. The molecule has 0 amide bonds. The summed E-state index contributed by atoms with van der Waals surface area (Å²) in [5, 5.41) is 1.02. The van der Waals surface area contributed by atoms with E-state index in [1.807, 2.05) is 47.2 Å². The summed E-state index contributed by atoms with van der Waals surface area (Å²) in [5.74, 6) is -0.346. The molecule has 0 N–H and O–H groups in total. The van der Waals surface area contributed by atoms with Crippen molar-refractivity contribution in [3.05, 3.63) is 95.4 Å². The van der Waals surface area contributed by atoms with Crippen molar-refractivity contribution >= 4 is 23.2 Å². The molecule has 168 valence electrons. The van der Waals surface area contributed by atoms with Gasteiger partial charge in [-0.25, -0.2) is 15.0 Å². The summed E-state index contributed by atoms with van der Waals surface area (Å²) >= 11 is 12.6. The topological polar surface area (TPSA) is 71.3 Å². The van der Waals surface area contributed by atoms with Crippen LogP contribution in [0.25, 0.3) is 11.3 Å². The van der Waals surface area contributed by atoms with Crippen LogP contribution >= 0.6 is 23.2 Å². The van der Waals surface area contributed by atoms with Gasteiger partial charge in [0.25, 0.3) is 0 Å². The Labute approximate surface area is 200 Å². The Morgan fingerprint density at radius 1 is 1.06 bits per heavy atom. The summed E-state index contributed by atoms with van der Waals surface area (Å²) in [7, 11) is 0. The van der Waals surface area contributed by atoms with E-state index in [9.17, 15) is 0 Å². The van der Waals surface area contributed by atoms with E-state index in [0.29, 0.717) is 35.4 Å². The Hall–Kier alpha value is -2.97. The molecule has 1 saturated heterocycles. The first kappa shape index (κ1) is 21.9. The van der Waals surface area contributed by atoms with E-state index in [1.54, 1.807) is 30.9 Å². The maximum absolute atomic E-state index is 6.52. The zero-order chi connectivity index (χ0) is 22.7. The van der Waals surface area contributed by atoms with Gasteiger partial charge in [0.2, 0.25) is 5.79 Å². The van der Waals surface area contributed by atoms with Crippen molar-refractivity contribution in [3.63, 3.8) is 0 Å². The molecule has 0 radical (unpaired) electrons. The van der Waals surface area contributed by atoms with Crippen LogP contribution in [-0.2, 0) is 21.8 Å². The molecule has 1 fully saturated rings. The van der Waals surface area contributed by atoms with Gasteiger partial charge in [-0.3, -0.25) is 0 Å². The summed E-state index contributed by atoms with van der Waals surface area (Å²) in [6, 6.07) is 14.9. The number of halogens is 2. The van der Waals surface area contributed by atoms with Crippen LogP contribution in [0.2, 0.25) is 10.0 Å². The Bertz CT molecular complexity index is 1210. The number of ether oxygens (including phenoxy) is 3. The number of hydrogen-bond acceptors (Lipinski definition) is 6. The molecular weight excluding hydrogens is 463 g/mol. The van der Waals surface area contributed by atoms with Gasteiger partial charge in [0.15, 0.2) is 0 Å². The Kier molecular flexibility index (Phi) is 6.28. The number of nitrogens with zero attached hydrogens (tertiary/aromatic N) is 4. The van der Waals surface area contributed by atoms with E-state index in [0.717, 1.165) is 17.0 Å². The van der Waals surface area contributed by atoms with Crippen molar-refractivity contribution in [1.29, 1.82) is 0 Å². The lowest BCUT2D eigenvalue weighted by Crippen LogP contribution is -2.34. The second kappa shape index (κ2) is 9.49. The quantitative estimate of drug-likeness (QED) is 0.369. The molecule has 1 aliphatic rings. The van der Waals surface area contributed by atoms with Crippen LogP contribution in [-0.4, -0.2) is 38.8 Å². The molecule has 0 bridgehead atoms. The van der Waals surface area contributed by atoms with Crippen LogP contribution in [0.3, 0.4) is 0 Å². The number of imidazole rings is 1. The maximum atomic E-state index is 6.52. The Morgan fingerprint density at radius 2 is 1.94 bits per heavy atom. The van der Waals surface area contributed by atoms with Gasteiger partial charge in [0, 0.05) is 34.7 Å². The molecule has 1 aliphatic heterocycles. The minimum absolute atomic E-state index is 0.290. The van der Waals surface area contributed by atoms with E-state index >= 15 is 0 Å². The molecule has 0 spiro atoms. The molecule has 2 aromatic heterocycles. The van der Waals surface area contributed by atoms with Crippen molar-refractivity contribution in [2.45, 2.75) is 18.4 Å². The van der Waals surface area contributed by atoms with Crippen LogP contribution in [0.1, 0.15) is 5.56 Å². The molecule has 0 aliphatic carbocycles. The number of rotatable bonds is 7. The molecule has 9 heteroatoms. The van der Waals surface area contributed by atoms with Gasteiger partial charge < -0.3 is 18.8 Å². The van der Waals surface area contributed by atoms with Crippen LogP contribution < -0.4 is 4.74 Å². The van der Waals surface area contributed by atoms with E-state index in [2.05, 4.69) is 15.0 Å². The summed E-state index contributed by atoms with van der Waals surface area (Å²) in [5.41, 5.74) is 2.55. The lowest BCUT2D eigenvalue weighted by molar-refractivity contribution is -0.189. The largest absolute Gasteiger partial charge is 0.491 e. The monoisotopic (exact) mass is 482 g/mol. The second-order valence-electron chi connectivity index (χ2n) is 7.59. The first-order chi connectivity index (χ1) is 16.1. The van der Waals surface area contributed by atoms with Crippen molar-refractivity contribution in [2.75, 3.05) is 13.2 Å². The van der Waals surface area contributed by atoms with Crippen molar-refractivity contribution in [1.82, 2.24) is 19.5 Å². The third-order valence-corrected chi connectivity index (χ3v) is 5.87. The summed E-state index contributed by atoms with van der Waals surface area (Å²) in [4.78, 5) is 12.3. The van der Waals surface area contributed by atoms with Gasteiger partial charge in [0.1, 0.15) is 24.8 Å². The highest BCUT2D eigenvalue weighted by Crippen LogP contribution is 2.40. The smallest absolute Gasteiger partial charge is 0.215 e. The van der Waals surface area contributed by atoms with Crippen LogP contribution in [0.5, 0.6) is 5.75 Å². The number of aromatic nitrogens is 4. The standard InChI is InChI=1S/C24H20Cl2N4O3/c25-18-3-6-21(22(26)11-18)24(14-30-10-9-28-16-30)32-13-20(33-24)12-31-19-4-1-17(2-5-19)23-7-8-27-15-29-23/h1-11,15-16,20H,12-14H2/t20-,24-/m1/s1. The first-order valence-electron chi connectivity index (χ1n) is 10.3. The molecule has 33 heavy (non-hydrogen) atoms.